The lowest BCUT2D eigenvalue weighted by atomic mass is 10.1. The van der Waals surface area contributed by atoms with Gasteiger partial charge in [-0.15, -0.1) is 0 Å². The van der Waals surface area contributed by atoms with Crippen molar-refractivity contribution in [2.45, 2.75) is 45.6 Å². The number of nitrogens with zero attached hydrogens (tertiary/aromatic N) is 1. The lowest BCUT2D eigenvalue weighted by Gasteiger charge is -2.20. The number of cyclic esters (lactones) is 1. The van der Waals surface area contributed by atoms with E-state index in [1.807, 2.05) is 41.3 Å². The van der Waals surface area contributed by atoms with E-state index < -0.39 is 0 Å². The maximum absolute atomic E-state index is 12.0. The van der Waals surface area contributed by atoms with Crippen molar-refractivity contribution < 1.29 is 9.53 Å². The van der Waals surface area contributed by atoms with Crippen LogP contribution in [-0.4, -0.2) is 23.6 Å². The summed E-state index contributed by atoms with van der Waals surface area (Å²) in [6, 6.07) is 10.1. The molecular weight excluding hydrogens is 250 g/mol. The SMILES string of the molecule is CCCCN1C(=O)OC(=Cc2ccccc2)C1CCC. The van der Waals surface area contributed by atoms with Crippen LogP contribution in [0.15, 0.2) is 36.1 Å². The topological polar surface area (TPSA) is 29.5 Å². The Bertz CT molecular complexity index is 467. The minimum absolute atomic E-state index is 0.0965. The summed E-state index contributed by atoms with van der Waals surface area (Å²) in [7, 11) is 0. The van der Waals surface area contributed by atoms with Crippen molar-refractivity contribution in [3.8, 4) is 0 Å². The lowest BCUT2D eigenvalue weighted by molar-refractivity contribution is 0.164. The summed E-state index contributed by atoms with van der Waals surface area (Å²) in [5.74, 6) is 0.791. The molecule has 1 aliphatic heterocycles. The van der Waals surface area contributed by atoms with Gasteiger partial charge in [0.1, 0.15) is 5.76 Å². The number of hydrogen-bond acceptors (Lipinski definition) is 2. The number of hydrogen-bond donors (Lipinski definition) is 0. The van der Waals surface area contributed by atoms with Crippen molar-refractivity contribution in [2.24, 2.45) is 0 Å². The zero-order valence-corrected chi connectivity index (χ0v) is 12.3. The Morgan fingerprint density at radius 2 is 1.95 bits per heavy atom. The highest BCUT2D eigenvalue weighted by Gasteiger charge is 2.36. The zero-order chi connectivity index (χ0) is 14.4. The molecule has 1 aromatic rings. The third-order valence-corrected chi connectivity index (χ3v) is 3.57. The minimum Gasteiger partial charge on any atom is -0.412 e. The van der Waals surface area contributed by atoms with E-state index >= 15 is 0 Å². The van der Waals surface area contributed by atoms with Gasteiger partial charge in [-0.25, -0.2) is 4.79 Å². The summed E-state index contributed by atoms with van der Waals surface area (Å²) in [5, 5.41) is 0. The Morgan fingerprint density at radius 3 is 2.60 bits per heavy atom. The molecule has 1 fully saturated rings. The third kappa shape index (κ3) is 3.41. The van der Waals surface area contributed by atoms with Gasteiger partial charge in [0.2, 0.25) is 0 Å². The van der Waals surface area contributed by atoms with Gasteiger partial charge < -0.3 is 4.74 Å². The number of amides is 1. The molecule has 108 valence electrons. The van der Waals surface area contributed by atoms with Crippen LogP contribution in [0.5, 0.6) is 0 Å². The summed E-state index contributed by atoms with van der Waals surface area (Å²) >= 11 is 0. The number of carbonyl (C=O) groups is 1. The third-order valence-electron chi connectivity index (χ3n) is 3.57. The molecule has 1 aliphatic rings. The predicted octanol–water partition coefficient (Wildman–Crippen LogP) is 4.45. The summed E-state index contributed by atoms with van der Waals surface area (Å²) in [6.07, 6.45) is 5.89. The highest BCUT2D eigenvalue weighted by molar-refractivity contribution is 5.75. The molecule has 1 aromatic carbocycles. The normalized spacial score (nSPS) is 20.5. The Kier molecular flexibility index (Phi) is 5.22. The van der Waals surface area contributed by atoms with E-state index in [0.29, 0.717) is 0 Å². The number of ether oxygens (including phenoxy) is 1. The molecule has 3 nitrogen and oxygen atoms in total. The van der Waals surface area contributed by atoms with Crippen molar-refractivity contribution in [3.63, 3.8) is 0 Å². The van der Waals surface area contributed by atoms with E-state index in [-0.39, 0.29) is 12.1 Å². The number of rotatable bonds is 6. The average Bonchev–Trinajstić information content (AvgIpc) is 2.74. The van der Waals surface area contributed by atoms with Crippen molar-refractivity contribution in [1.29, 1.82) is 0 Å². The molecule has 20 heavy (non-hydrogen) atoms. The van der Waals surface area contributed by atoms with Crippen LogP contribution in [0, 0.1) is 0 Å². The van der Waals surface area contributed by atoms with Gasteiger partial charge in [-0.2, -0.15) is 0 Å². The molecule has 0 N–H and O–H groups in total. The van der Waals surface area contributed by atoms with Crippen molar-refractivity contribution in [3.05, 3.63) is 41.7 Å². The van der Waals surface area contributed by atoms with Crippen LogP contribution < -0.4 is 0 Å². The molecule has 2 rings (SSSR count). The number of carbonyl (C=O) groups excluding carboxylic acids is 1. The van der Waals surface area contributed by atoms with Gasteiger partial charge in [-0.05, 0) is 24.5 Å². The molecule has 1 heterocycles. The van der Waals surface area contributed by atoms with Crippen molar-refractivity contribution in [1.82, 2.24) is 4.90 Å². The fourth-order valence-corrected chi connectivity index (χ4v) is 2.49. The molecular formula is C17H23NO2. The van der Waals surface area contributed by atoms with Gasteiger partial charge in [0.25, 0.3) is 0 Å². The van der Waals surface area contributed by atoms with Gasteiger partial charge in [0, 0.05) is 6.54 Å². The van der Waals surface area contributed by atoms with Crippen LogP contribution >= 0.6 is 0 Å². The molecule has 0 saturated carbocycles. The second-order valence-corrected chi connectivity index (χ2v) is 5.18. The number of unbranched alkanes of at least 4 members (excludes halogenated alkanes) is 1. The lowest BCUT2D eigenvalue weighted by Crippen LogP contribution is -2.33. The van der Waals surface area contributed by atoms with E-state index in [4.69, 9.17) is 4.74 Å². The monoisotopic (exact) mass is 273 g/mol. The first-order chi connectivity index (χ1) is 9.76. The van der Waals surface area contributed by atoms with E-state index in [0.717, 1.165) is 43.6 Å². The van der Waals surface area contributed by atoms with Crippen LogP contribution in [0.4, 0.5) is 4.79 Å². The van der Waals surface area contributed by atoms with E-state index in [1.165, 1.54) is 0 Å². The molecule has 3 heteroatoms. The summed E-state index contributed by atoms with van der Waals surface area (Å²) < 4.78 is 5.49. The maximum Gasteiger partial charge on any atom is 0.415 e. The molecule has 0 radical (unpaired) electrons. The second kappa shape index (κ2) is 7.13. The molecule has 1 atom stereocenters. The van der Waals surface area contributed by atoms with Crippen LogP contribution in [0.25, 0.3) is 6.08 Å². The molecule has 0 aliphatic carbocycles. The first-order valence-corrected chi connectivity index (χ1v) is 7.51. The van der Waals surface area contributed by atoms with Crippen LogP contribution in [0.3, 0.4) is 0 Å². The van der Waals surface area contributed by atoms with Crippen LogP contribution in [0.2, 0.25) is 0 Å². The van der Waals surface area contributed by atoms with Crippen LogP contribution in [0.1, 0.15) is 45.1 Å². The molecule has 0 bridgehead atoms. The summed E-state index contributed by atoms with van der Waals surface area (Å²) in [6.45, 7) is 5.06. The van der Waals surface area contributed by atoms with E-state index in [2.05, 4.69) is 13.8 Å². The molecule has 0 aromatic heterocycles. The smallest absolute Gasteiger partial charge is 0.412 e. The first kappa shape index (κ1) is 14.6. The molecule has 1 amide bonds. The maximum atomic E-state index is 12.0. The highest BCUT2D eigenvalue weighted by Crippen LogP contribution is 2.28. The molecule has 0 spiro atoms. The summed E-state index contributed by atoms with van der Waals surface area (Å²) in [5.41, 5.74) is 1.08. The fourth-order valence-electron chi connectivity index (χ4n) is 2.49. The predicted molar refractivity (Wildman–Crippen MR) is 81.2 cm³/mol. The Hall–Kier alpha value is -1.77. The van der Waals surface area contributed by atoms with Gasteiger partial charge in [0.05, 0.1) is 6.04 Å². The Balaban J connectivity index is 2.19. The van der Waals surface area contributed by atoms with Crippen LogP contribution in [-0.2, 0) is 4.74 Å². The van der Waals surface area contributed by atoms with E-state index in [1.54, 1.807) is 0 Å². The molecule has 1 saturated heterocycles. The van der Waals surface area contributed by atoms with Crippen molar-refractivity contribution >= 4 is 12.2 Å². The summed E-state index contributed by atoms with van der Waals surface area (Å²) in [4.78, 5) is 13.9. The Labute approximate surface area is 121 Å². The van der Waals surface area contributed by atoms with Crippen molar-refractivity contribution in [2.75, 3.05) is 6.54 Å². The second-order valence-electron chi connectivity index (χ2n) is 5.18. The highest BCUT2D eigenvalue weighted by atomic mass is 16.6. The van der Waals surface area contributed by atoms with Gasteiger partial charge >= 0.3 is 6.09 Å². The molecule has 1 unspecified atom stereocenters. The minimum atomic E-state index is -0.195. The standard InChI is InChI=1S/C17H23NO2/c1-3-5-12-18-15(9-4-2)16(20-17(18)19)13-14-10-7-6-8-11-14/h6-8,10-11,13,15H,3-5,9,12H2,1-2H3. The largest absolute Gasteiger partial charge is 0.415 e. The average molecular weight is 273 g/mol. The van der Waals surface area contributed by atoms with Gasteiger partial charge in [-0.1, -0.05) is 57.0 Å². The zero-order valence-electron chi connectivity index (χ0n) is 12.3. The van der Waals surface area contributed by atoms with Gasteiger partial charge in [-0.3, -0.25) is 4.90 Å². The fraction of sp³-hybridized carbons (Fsp3) is 0.471. The quantitative estimate of drug-likeness (QED) is 0.766. The first-order valence-electron chi connectivity index (χ1n) is 7.51. The van der Waals surface area contributed by atoms with E-state index in [9.17, 15) is 4.79 Å². The Morgan fingerprint density at radius 1 is 1.20 bits per heavy atom. The number of benzene rings is 1. The van der Waals surface area contributed by atoms with Gasteiger partial charge in [0.15, 0.2) is 0 Å².